The third-order valence-electron chi connectivity index (χ3n) is 4.92. The summed E-state index contributed by atoms with van der Waals surface area (Å²) in [5, 5.41) is 19.4. The molecule has 0 saturated carbocycles. The number of aliphatic hydroxyl groups excluding tert-OH is 1. The highest BCUT2D eigenvalue weighted by Gasteiger charge is 2.41. The van der Waals surface area contributed by atoms with E-state index >= 15 is 0 Å². The summed E-state index contributed by atoms with van der Waals surface area (Å²) >= 11 is 0. The summed E-state index contributed by atoms with van der Waals surface area (Å²) in [6.45, 7) is 5.82. The Bertz CT molecular complexity index is 867. The Hall–Kier alpha value is -2.61. The molecule has 3 N–H and O–H groups in total. The number of imidazole rings is 1. The summed E-state index contributed by atoms with van der Waals surface area (Å²) in [7, 11) is 1.69. The number of likely N-dealkylation sites (tertiary alicyclic amines) is 1. The molecule has 0 bridgehead atoms. The Balaban J connectivity index is 1.71. The number of aromatic amines is 1. The Labute approximate surface area is 151 Å². The monoisotopic (exact) mass is 360 g/mol. The summed E-state index contributed by atoms with van der Waals surface area (Å²) in [4.78, 5) is 35.5. The van der Waals surface area contributed by atoms with Gasteiger partial charge in [0.05, 0.1) is 23.6 Å². The lowest BCUT2D eigenvalue weighted by atomic mass is 9.90. The highest BCUT2D eigenvalue weighted by atomic mass is 16.3. The largest absolute Gasteiger partial charge is 0.506 e. The number of aryl methyl sites for hydroxylation is 1. The first-order valence-corrected chi connectivity index (χ1v) is 8.51. The minimum absolute atomic E-state index is 0.0429. The molecular weight excluding hydrogens is 336 g/mol. The van der Waals surface area contributed by atoms with Gasteiger partial charge in [-0.2, -0.15) is 0 Å². The minimum Gasteiger partial charge on any atom is -0.506 e. The van der Waals surface area contributed by atoms with Crippen LogP contribution in [0.15, 0.2) is 12.1 Å². The maximum atomic E-state index is 12.7. The second kappa shape index (κ2) is 6.28. The number of phenolic OH excluding ortho intramolecular Hbond substituents is 1. The molecule has 26 heavy (non-hydrogen) atoms. The van der Waals surface area contributed by atoms with Gasteiger partial charge in [0.1, 0.15) is 17.1 Å². The molecular formula is C18H24N4O4. The van der Waals surface area contributed by atoms with E-state index in [1.54, 1.807) is 43.7 Å². The molecule has 2 amide bonds. The van der Waals surface area contributed by atoms with Gasteiger partial charge in [-0.1, -0.05) is 0 Å². The lowest BCUT2D eigenvalue weighted by molar-refractivity contribution is -0.149. The topological polar surface area (TPSA) is 110 Å². The van der Waals surface area contributed by atoms with Crippen molar-refractivity contribution >= 4 is 22.8 Å². The van der Waals surface area contributed by atoms with Crippen molar-refractivity contribution in [2.45, 2.75) is 26.8 Å². The number of aromatic nitrogens is 2. The zero-order valence-electron chi connectivity index (χ0n) is 15.4. The third kappa shape index (κ3) is 3.01. The molecule has 1 aromatic heterocycles. The molecule has 8 nitrogen and oxygen atoms in total. The van der Waals surface area contributed by atoms with Crippen molar-refractivity contribution in [3.63, 3.8) is 0 Å². The molecule has 1 aliphatic rings. The number of nitrogens with zero attached hydrogens (tertiary/aromatic N) is 3. The summed E-state index contributed by atoms with van der Waals surface area (Å²) in [5.41, 5.74) is 0.590. The first kappa shape index (κ1) is 18.2. The number of phenols is 1. The van der Waals surface area contributed by atoms with E-state index in [4.69, 9.17) is 0 Å². The zero-order valence-corrected chi connectivity index (χ0v) is 15.4. The molecule has 3 rings (SSSR count). The quantitative estimate of drug-likeness (QED) is 0.750. The second-order valence-corrected chi connectivity index (χ2v) is 7.54. The highest BCUT2D eigenvalue weighted by Crippen LogP contribution is 2.27. The normalized spacial score (nSPS) is 15.2. The molecule has 1 fully saturated rings. The van der Waals surface area contributed by atoms with Crippen molar-refractivity contribution in [1.82, 2.24) is 19.8 Å². The number of fused-ring (bicyclic) bond motifs is 1. The third-order valence-corrected chi connectivity index (χ3v) is 4.92. The van der Waals surface area contributed by atoms with Crippen LogP contribution in [0.3, 0.4) is 0 Å². The van der Waals surface area contributed by atoms with E-state index in [2.05, 4.69) is 9.97 Å². The van der Waals surface area contributed by atoms with Gasteiger partial charge in [-0.15, -0.1) is 0 Å². The lowest BCUT2D eigenvalue weighted by Crippen LogP contribution is -2.63. The number of hydrogen-bond donors (Lipinski definition) is 3. The van der Waals surface area contributed by atoms with E-state index in [9.17, 15) is 19.8 Å². The van der Waals surface area contributed by atoms with Crippen molar-refractivity contribution in [1.29, 1.82) is 0 Å². The van der Waals surface area contributed by atoms with Crippen LogP contribution in [-0.4, -0.2) is 74.6 Å². The predicted molar refractivity (Wildman–Crippen MR) is 95.8 cm³/mol. The van der Waals surface area contributed by atoms with Gasteiger partial charge in [0.15, 0.2) is 0 Å². The van der Waals surface area contributed by atoms with E-state index < -0.39 is 5.41 Å². The number of benzene rings is 1. The van der Waals surface area contributed by atoms with Crippen molar-refractivity contribution < 1.29 is 19.8 Å². The molecule has 0 radical (unpaired) electrons. The zero-order chi connectivity index (χ0) is 19.2. The number of carbonyl (C=O) groups excluding carboxylic acids is 2. The first-order valence-electron chi connectivity index (χ1n) is 8.51. The molecule has 1 saturated heterocycles. The molecule has 1 aliphatic heterocycles. The van der Waals surface area contributed by atoms with Crippen LogP contribution in [0.5, 0.6) is 5.75 Å². The number of nitrogens with one attached hydrogen (secondary N) is 1. The smallest absolute Gasteiger partial charge is 0.254 e. The van der Waals surface area contributed by atoms with Crippen LogP contribution in [0.25, 0.3) is 11.0 Å². The van der Waals surface area contributed by atoms with Crippen LogP contribution in [0, 0.1) is 12.3 Å². The molecule has 0 atom stereocenters. The van der Waals surface area contributed by atoms with Crippen LogP contribution in [0.4, 0.5) is 0 Å². The average molecular weight is 360 g/mol. The Kier molecular flexibility index (Phi) is 4.39. The predicted octanol–water partition coefficient (Wildman–Crippen LogP) is 0.878. The fourth-order valence-electron chi connectivity index (χ4n) is 3.08. The van der Waals surface area contributed by atoms with Crippen LogP contribution < -0.4 is 0 Å². The van der Waals surface area contributed by atoms with Crippen molar-refractivity contribution in [2.24, 2.45) is 5.41 Å². The number of carbonyl (C=O) groups is 2. The van der Waals surface area contributed by atoms with Gasteiger partial charge >= 0.3 is 0 Å². The van der Waals surface area contributed by atoms with Crippen molar-refractivity contribution in [3.8, 4) is 5.75 Å². The highest BCUT2D eigenvalue weighted by molar-refractivity contribution is 5.99. The number of amides is 2. The van der Waals surface area contributed by atoms with Gasteiger partial charge in [0.2, 0.25) is 5.91 Å². The molecule has 0 aliphatic carbocycles. The summed E-state index contributed by atoms with van der Waals surface area (Å²) in [6, 6.07) is 2.99. The Morgan fingerprint density at radius 1 is 1.38 bits per heavy atom. The molecule has 140 valence electrons. The summed E-state index contributed by atoms with van der Waals surface area (Å²) in [6.07, 6.45) is 0. The maximum Gasteiger partial charge on any atom is 0.254 e. The van der Waals surface area contributed by atoms with E-state index in [0.717, 1.165) is 0 Å². The number of H-pyrrole nitrogens is 1. The van der Waals surface area contributed by atoms with Crippen LogP contribution in [-0.2, 0) is 4.79 Å². The number of hydrogen-bond acceptors (Lipinski definition) is 5. The molecule has 2 aromatic rings. The number of likely N-dealkylation sites (N-methyl/N-ethyl adjacent to an activating group) is 1. The molecule has 0 unspecified atom stereocenters. The summed E-state index contributed by atoms with van der Waals surface area (Å²) < 4.78 is 0. The van der Waals surface area contributed by atoms with Crippen LogP contribution >= 0.6 is 0 Å². The van der Waals surface area contributed by atoms with Gasteiger partial charge < -0.3 is 25.0 Å². The molecule has 0 spiro atoms. The fourth-order valence-corrected chi connectivity index (χ4v) is 3.08. The van der Waals surface area contributed by atoms with E-state index in [1.165, 1.54) is 6.07 Å². The second-order valence-electron chi connectivity index (χ2n) is 7.54. The number of rotatable bonds is 4. The number of aliphatic hydroxyl groups is 1. The van der Waals surface area contributed by atoms with Crippen LogP contribution in [0.1, 0.15) is 30.0 Å². The SMILES string of the molecule is Cc1nc2c(O)cc(C(=O)N(C)C3CN(C(=O)C(C)(C)CO)C3)cc2[nH]1. The Morgan fingerprint density at radius 2 is 2.04 bits per heavy atom. The van der Waals surface area contributed by atoms with Crippen molar-refractivity contribution in [2.75, 3.05) is 26.7 Å². The summed E-state index contributed by atoms with van der Waals surface area (Å²) in [5.74, 6) is 0.267. The van der Waals surface area contributed by atoms with E-state index in [1.807, 2.05) is 0 Å². The van der Waals surface area contributed by atoms with Crippen LogP contribution in [0.2, 0.25) is 0 Å². The average Bonchev–Trinajstić information content (AvgIpc) is 2.93. The van der Waals surface area contributed by atoms with Gasteiger partial charge in [-0.25, -0.2) is 4.98 Å². The molecule has 1 aromatic carbocycles. The van der Waals surface area contributed by atoms with Gasteiger partial charge in [-0.05, 0) is 32.9 Å². The van der Waals surface area contributed by atoms with Gasteiger partial charge in [0.25, 0.3) is 5.91 Å². The lowest BCUT2D eigenvalue weighted by Gasteiger charge is -2.46. The molecule has 2 heterocycles. The standard InChI is InChI=1S/C18H24N4O4/c1-10-19-13-5-11(6-14(24)15(13)20-10)16(25)21(4)12-7-22(8-12)17(26)18(2,3)9-23/h5-6,12,23-24H,7-9H2,1-4H3,(H,19,20). The van der Waals surface area contributed by atoms with E-state index in [-0.39, 0.29) is 30.2 Å². The maximum absolute atomic E-state index is 12.7. The fraction of sp³-hybridized carbons (Fsp3) is 0.500. The van der Waals surface area contributed by atoms with E-state index in [0.29, 0.717) is 35.5 Å². The van der Waals surface area contributed by atoms with Crippen molar-refractivity contribution in [3.05, 3.63) is 23.5 Å². The van der Waals surface area contributed by atoms with Gasteiger partial charge in [0, 0.05) is 25.7 Å². The van der Waals surface area contributed by atoms with Gasteiger partial charge in [-0.3, -0.25) is 9.59 Å². The number of aromatic hydroxyl groups is 1. The minimum atomic E-state index is -0.817. The molecule has 8 heteroatoms. The Morgan fingerprint density at radius 3 is 2.65 bits per heavy atom. The first-order chi connectivity index (χ1) is 12.1.